The number of hydrogen-bond acceptors (Lipinski definition) is 4. The first-order valence-electron chi connectivity index (χ1n) is 5.92. The van der Waals surface area contributed by atoms with Crippen molar-refractivity contribution in [1.29, 1.82) is 0 Å². The van der Waals surface area contributed by atoms with Gasteiger partial charge >= 0.3 is 5.69 Å². The van der Waals surface area contributed by atoms with Gasteiger partial charge in [-0.25, -0.2) is 0 Å². The Labute approximate surface area is 124 Å². The molecule has 2 aromatic rings. The molecule has 20 heavy (non-hydrogen) atoms. The summed E-state index contributed by atoms with van der Waals surface area (Å²) in [5.41, 5.74) is 7.52. The normalized spacial score (nSPS) is 10.3. The first kappa shape index (κ1) is 14.5. The zero-order chi connectivity index (χ0) is 14.7. The van der Waals surface area contributed by atoms with Crippen molar-refractivity contribution in [3.8, 4) is 11.5 Å². The molecule has 0 aliphatic heterocycles. The highest BCUT2D eigenvalue weighted by atomic mass is 79.9. The van der Waals surface area contributed by atoms with Crippen LogP contribution >= 0.6 is 15.9 Å². The Hall–Kier alpha value is -1.92. The Morgan fingerprint density at radius 3 is 2.65 bits per heavy atom. The largest absolute Gasteiger partial charge is 0.450 e. The smallest absolute Gasteiger partial charge is 0.312 e. The van der Waals surface area contributed by atoms with Crippen LogP contribution in [0.3, 0.4) is 0 Å². The molecule has 2 N–H and O–H groups in total. The van der Waals surface area contributed by atoms with Crippen molar-refractivity contribution in [1.82, 2.24) is 0 Å². The molecule has 0 fully saturated rings. The number of nitro benzene ring substituents is 1. The minimum absolute atomic E-state index is 0.0834. The predicted octanol–water partition coefficient (Wildman–Crippen LogP) is 3.92. The molecule has 0 saturated heterocycles. The average molecular weight is 337 g/mol. The summed E-state index contributed by atoms with van der Waals surface area (Å²) in [6.07, 6.45) is 0. The molecule has 0 aromatic heterocycles. The molecule has 0 radical (unpaired) electrons. The monoisotopic (exact) mass is 336 g/mol. The van der Waals surface area contributed by atoms with Gasteiger partial charge in [-0.2, -0.15) is 0 Å². The standard InChI is InChI=1S/C14H13BrN2O3/c1-9-6-12(4-2-10(9)8-16)20-14-5-3-11(15)7-13(14)17(18)19/h2-7H,8,16H2,1H3. The summed E-state index contributed by atoms with van der Waals surface area (Å²) >= 11 is 3.21. The van der Waals surface area contributed by atoms with E-state index in [-0.39, 0.29) is 11.4 Å². The van der Waals surface area contributed by atoms with Gasteiger partial charge in [-0.05, 0) is 42.3 Å². The molecule has 0 bridgehead atoms. The van der Waals surface area contributed by atoms with Gasteiger partial charge in [0.25, 0.3) is 0 Å². The van der Waals surface area contributed by atoms with Gasteiger partial charge in [0, 0.05) is 17.1 Å². The summed E-state index contributed by atoms with van der Waals surface area (Å²) in [6, 6.07) is 10.1. The van der Waals surface area contributed by atoms with E-state index >= 15 is 0 Å². The van der Waals surface area contributed by atoms with Crippen molar-refractivity contribution >= 4 is 21.6 Å². The lowest BCUT2D eigenvalue weighted by atomic mass is 10.1. The van der Waals surface area contributed by atoms with E-state index in [0.29, 0.717) is 16.8 Å². The number of benzene rings is 2. The fraction of sp³-hybridized carbons (Fsp3) is 0.143. The molecule has 5 nitrogen and oxygen atoms in total. The maximum absolute atomic E-state index is 11.0. The Morgan fingerprint density at radius 2 is 2.05 bits per heavy atom. The number of halogens is 1. The highest BCUT2D eigenvalue weighted by molar-refractivity contribution is 9.10. The molecule has 0 spiro atoms. The summed E-state index contributed by atoms with van der Waals surface area (Å²) in [4.78, 5) is 10.5. The van der Waals surface area contributed by atoms with Crippen LogP contribution in [0.4, 0.5) is 5.69 Å². The first-order chi connectivity index (χ1) is 9.51. The van der Waals surface area contributed by atoms with Crippen molar-refractivity contribution in [2.45, 2.75) is 13.5 Å². The quantitative estimate of drug-likeness (QED) is 0.677. The van der Waals surface area contributed by atoms with Crippen LogP contribution in [0.15, 0.2) is 40.9 Å². The van der Waals surface area contributed by atoms with E-state index in [1.807, 2.05) is 19.1 Å². The third-order valence-electron chi connectivity index (χ3n) is 2.88. The number of hydrogen-bond donors (Lipinski definition) is 1. The number of aryl methyl sites for hydroxylation is 1. The van der Waals surface area contributed by atoms with E-state index in [2.05, 4.69) is 15.9 Å². The summed E-state index contributed by atoms with van der Waals surface area (Å²) in [5.74, 6) is 0.753. The van der Waals surface area contributed by atoms with Crippen LogP contribution in [-0.2, 0) is 6.54 Å². The SMILES string of the molecule is Cc1cc(Oc2ccc(Br)cc2[N+](=O)[O-])ccc1CN. The third kappa shape index (κ3) is 3.15. The maximum Gasteiger partial charge on any atom is 0.312 e. The minimum Gasteiger partial charge on any atom is -0.450 e. The molecule has 2 rings (SSSR count). The van der Waals surface area contributed by atoms with E-state index < -0.39 is 4.92 Å². The highest BCUT2D eigenvalue weighted by Crippen LogP contribution is 2.34. The number of nitro groups is 1. The van der Waals surface area contributed by atoms with E-state index in [9.17, 15) is 10.1 Å². The second kappa shape index (κ2) is 6.02. The van der Waals surface area contributed by atoms with Crippen LogP contribution < -0.4 is 10.5 Å². The lowest BCUT2D eigenvalue weighted by Gasteiger charge is -2.09. The molecule has 0 atom stereocenters. The van der Waals surface area contributed by atoms with Crippen molar-refractivity contribution in [2.24, 2.45) is 5.73 Å². The molecule has 104 valence electrons. The topological polar surface area (TPSA) is 78.4 Å². The number of rotatable bonds is 4. The molecule has 0 aliphatic rings. The highest BCUT2D eigenvalue weighted by Gasteiger charge is 2.16. The summed E-state index contributed by atoms with van der Waals surface area (Å²) in [6.45, 7) is 2.37. The average Bonchev–Trinajstić information content (AvgIpc) is 2.41. The van der Waals surface area contributed by atoms with Crippen LogP contribution in [0.2, 0.25) is 0 Å². The van der Waals surface area contributed by atoms with Gasteiger partial charge in [-0.1, -0.05) is 22.0 Å². The predicted molar refractivity (Wildman–Crippen MR) is 79.9 cm³/mol. The molecular formula is C14H13BrN2O3. The fourth-order valence-corrected chi connectivity index (χ4v) is 2.16. The van der Waals surface area contributed by atoms with Crippen LogP contribution in [0.5, 0.6) is 11.5 Å². The Morgan fingerprint density at radius 1 is 1.30 bits per heavy atom. The lowest BCUT2D eigenvalue weighted by molar-refractivity contribution is -0.385. The van der Waals surface area contributed by atoms with Crippen molar-refractivity contribution < 1.29 is 9.66 Å². The molecule has 0 aliphatic carbocycles. The molecule has 0 amide bonds. The molecule has 0 heterocycles. The number of nitrogens with two attached hydrogens (primary N) is 1. The zero-order valence-electron chi connectivity index (χ0n) is 10.8. The van der Waals surface area contributed by atoms with Crippen LogP contribution in [-0.4, -0.2) is 4.92 Å². The van der Waals surface area contributed by atoms with Gasteiger partial charge in [0.05, 0.1) is 4.92 Å². The van der Waals surface area contributed by atoms with E-state index in [1.54, 1.807) is 18.2 Å². The van der Waals surface area contributed by atoms with Crippen LogP contribution in [0, 0.1) is 17.0 Å². The molecule has 0 unspecified atom stereocenters. The molecular weight excluding hydrogens is 324 g/mol. The van der Waals surface area contributed by atoms with E-state index in [4.69, 9.17) is 10.5 Å². The number of ether oxygens (including phenoxy) is 1. The Bertz CT molecular complexity index is 659. The van der Waals surface area contributed by atoms with Gasteiger partial charge in [-0.3, -0.25) is 10.1 Å². The fourth-order valence-electron chi connectivity index (χ4n) is 1.81. The second-order valence-corrected chi connectivity index (χ2v) is 5.18. The molecule has 6 heteroatoms. The van der Waals surface area contributed by atoms with E-state index in [1.165, 1.54) is 6.07 Å². The summed E-state index contributed by atoms with van der Waals surface area (Å²) in [5, 5.41) is 11.0. The summed E-state index contributed by atoms with van der Waals surface area (Å²) < 4.78 is 6.23. The zero-order valence-corrected chi connectivity index (χ0v) is 12.4. The van der Waals surface area contributed by atoms with E-state index in [0.717, 1.165) is 11.1 Å². The first-order valence-corrected chi connectivity index (χ1v) is 6.72. The molecule has 0 saturated carbocycles. The van der Waals surface area contributed by atoms with Gasteiger partial charge in [0.2, 0.25) is 5.75 Å². The number of nitrogens with zero attached hydrogens (tertiary/aromatic N) is 1. The maximum atomic E-state index is 11.0. The minimum atomic E-state index is -0.471. The summed E-state index contributed by atoms with van der Waals surface area (Å²) in [7, 11) is 0. The Kier molecular flexibility index (Phi) is 4.36. The Balaban J connectivity index is 2.35. The van der Waals surface area contributed by atoms with Crippen molar-refractivity contribution in [2.75, 3.05) is 0 Å². The molecule has 2 aromatic carbocycles. The van der Waals surface area contributed by atoms with Gasteiger partial charge < -0.3 is 10.5 Å². The van der Waals surface area contributed by atoms with Crippen molar-refractivity contribution in [3.05, 3.63) is 62.1 Å². The van der Waals surface area contributed by atoms with Gasteiger partial charge in [0.15, 0.2) is 0 Å². The van der Waals surface area contributed by atoms with Crippen LogP contribution in [0.25, 0.3) is 0 Å². The second-order valence-electron chi connectivity index (χ2n) is 4.26. The van der Waals surface area contributed by atoms with Crippen LogP contribution in [0.1, 0.15) is 11.1 Å². The van der Waals surface area contributed by atoms with Gasteiger partial charge in [0.1, 0.15) is 5.75 Å². The van der Waals surface area contributed by atoms with Gasteiger partial charge in [-0.15, -0.1) is 0 Å². The van der Waals surface area contributed by atoms with Crippen molar-refractivity contribution in [3.63, 3.8) is 0 Å². The lowest BCUT2D eigenvalue weighted by Crippen LogP contribution is -1.99. The third-order valence-corrected chi connectivity index (χ3v) is 3.37.